The average molecular weight is 388 g/mol. The van der Waals surface area contributed by atoms with E-state index in [1.165, 1.54) is 0 Å². The van der Waals surface area contributed by atoms with E-state index in [9.17, 15) is 0 Å². The highest BCUT2D eigenvalue weighted by Gasteiger charge is 2.33. The molecule has 4 aromatic heterocycles. The fourth-order valence-corrected chi connectivity index (χ4v) is 3.74. The molecule has 0 aromatic carbocycles. The van der Waals surface area contributed by atoms with Gasteiger partial charge in [0.1, 0.15) is 6.04 Å². The Kier molecular flexibility index (Phi) is 4.27. The Morgan fingerprint density at radius 3 is 2.76 bits per heavy atom. The molecule has 1 atom stereocenters. The van der Waals surface area contributed by atoms with Crippen molar-refractivity contribution >= 4 is 5.95 Å². The molecule has 1 aliphatic heterocycles. The van der Waals surface area contributed by atoms with Crippen molar-refractivity contribution in [2.45, 2.75) is 25.8 Å². The number of nitrogens with zero attached hydrogens (tertiary/aromatic N) is 8. The number of hydrogen-bond donors (Lipinski definition) is 0. The summed E-state index contributed by atoms with van der Waals surface area (Å²) < 4.78 is 7.40. The Morgan fingerprint density at radius 2 is 1.97 bits per heavy atom. The van der Waals surface area contributed by atoms with E-state index in [0.717, 1.165) is 41.9 Å². The number of hydrogen-bond acceptors (Lipinski definition) is 8. The smallest absolute Gasteiger partial charge is 0.249 e. The number of aryl methyl sites for hydroxylation is 2. The second-order valence-corrected chi connectivity index (χ2v) is 7.09. The lowest BCUT2D eigenvalue weighted by atomic mass is 10.2. The number of rotatable bonds is 4. The van der Waals surface area contributed by atoms with Crippen molar-refractivity contribution in [1.82, 2.24) is 34.9 Å². The minimum absolute atomic E-state index is 0.0386. The molecule has 0 spiro atoms. The number of pyridine rings is 1. The van der Waals surface area contributed by atoms with Crippen LogP contribution in [0.5, 0.6) is 0 Å². The standard InChI is InChI=1S/C20H20N8O/c1-13-15(12-27(2)25-13)16-7-10-22-20(23-16)28-11-3-4-17(28)19-24-18(26-29-19)14-5-8-21-9-6-14/h5-10,12,17H,3-4,11H2,1-2H3. The Hall–Kier alpha value is -3.62. The topological polar surface area (TPSA) is 98.7 Å². The summed E-state index contributed by atoms with van der Waals surface area (Å²) in [6, 6.07) is 5.60. The van der Waals surface area contributed by atoms with E-state index >= 15 is 0 Å². The van der Waals surface area contributed by atoms with Gasteiger partial charge in [-0.25, -0.2) is 9.97 Å². The number of anilines is 1. The van der Waals surface area contributed by atoms with E-state index in [1.54, 1.807) is 23.3 Å². The fourth-order valence-electron chi connectivity index (χ4n) is 3.74. The summed E-state index contributed by atoms with van der Waals surface area (Å²) in [6.45, 7) is 2.82. The van der Waals surface area contributed by atoms with Crippen LogP contribution in [0.1, 0.15) is 30.5 Å². The van der Waals surface area contributed by atoms with E-state index in [0.29, 0.717) is 17.7 Å². The largest absolute Gasteiger partial charge is 0.337 e. The molecule has 5 rings (SSSR count). The first-order valence-corrected chi connectivity index (χ1v) is 9.53. The first kappa shape index (κ1) is 17.5. The van der Waals surface area contributed by atoms with E-state index in [2.05, 4.69) is 30.1 Å². The maximum Gasteiger partial charge on any atom is 0.249 e. The van der Waals surface area contributed by atoms with Crippen LogP contribution < -0.4 is 4.90 Å². The molecule has 9 heteroatoms. The van der Waals surface area contributed by atoms with Gasteiger partial charge in [0.15, 0.2) is 0 Å². The van der Waals surface area contributed by atoms with Crippen molar-refractivity contribution in [3.05, 3.63) is 54.6 Å². The second kappa shape index (κ2) is 7.08. The van der Waals surface area contributed by atoms with Gasteiger partial charge >= 0.3 is 0 Å². The molecule has 5 heterocycles. The predicted molar refractivity (Wildman–Crippen MR) is 106 cm³/mol. The molecule has 0 radical (unpaired) electrons. The van der Waals surface area contributed by atoms with Crippen LogP contribution in [0.3, 0.4) is 0 Å². The van der Waals surface area contributed by atoms with Crippen LogP contribution in [0.4, 0.5) is 5.95 Å². The van der Waals surface area contributed by atoms with Gasteiger partial charge in [-0.05, 0) is 38.0 Å². The lowest BCUT2D eigenvalue weighted by molar-refractivity contribution is 0.354. The molecule has 9 nitrogen and oxygen atoms in total. The van der Waals surface area contributed by atoms with Gasteiger partial charge in [-0.3, -0.25) is 9.67 Å². The molecule has 0 saturated carbocycles. The normalized spacial score (nSPS) is 16.5. The summed E-state index contributed by atoms with van der Waals surface area (Å²) in [6.07, 6.45) is 9.12. The van der Waals surface area contributed by atoms with E-state index in [4.69, 9.17) is 9.51 Å². The highest BCUT2D eigenvalue weighted by Crippen LogP contribution is 2.35. The van der Waals surface area contributed by atoms with Crippen LogP contribution in [-0.4, -0.2) is 41.4 Å². The SMILES string of the molecule is Cc1nn(C)cc1-c1ccnc(N2CCCC2c2nc(-c3ccncc3)no2)n1. The third-order valence-corrected chi connectivity index (χ3v) is 5.11. The molecule has 1 unspecified atom stereocenters. The third-order valence-electron chi connectivity index (χ3n) is 5.11. The maximum absolute atomic E-state index is 5.60. The molecule has 1 saturated heterocycles. The zero-order chi connectivity index (χ0) is 19.8. The summed E-state index contributed by atoms with van der Waals surface area (Å²) in [4.78, 5) is 20.1. The van der Waals surface area contributed by atoms with Crippen LogP contribution >= 0.6 is 0 Å². The van der Waals surface area contributed by atoms with Crippen molar-refractivity contribution in [2.24, 2.45) is 7.05 Å². The van der Waals surface area contributed by atoms with E-state index in [-0.39, 0.29) is 6.04 Å². The zero-order valence-corrected chi connectivity index (χ0v) is 16.2. The quantitative estimate of drug-likeness (QED) is 0.526. The van der Waals surface area contributed by atoms with Crippen LogP contribution in [0, 0.1) is 6.92 Å². The first-order valence-electron chi connectivity index (χ1n) is 9.53. The summed E-state index contributed by atoms with van der Waals surface area (Å²) in [5.41, 5.74) is 3.68. The van der Waals surface area contributed by atoms with Crippen LogP contribution in [0.2, 0.25) is 0 Å². The van der Waals surface area contributed by atoms with Gasteiger partial charge in [0.05, 0.1) is 11.4 Å². The zero-order valence-electron chi connectivity index (χ0n) is 16.2. The van der Waals surface area contributed by atoms with Crippen LogP contribution in [-0.2, 0) is 7.05 Å². The minimum Gasteiger partial charge on any atom is -0.337 e. The van der Waals surface area contributed by atoms with Gasteiger partial charge in [0.2, 0.25) is 17.7 Å². The molecule has 4 aromatic rings. The molecule has 0 amide bonds. The van der Waals surface area contributed by atoms with Crippen molar-refractivity contribution in [2.75, 3.05) is 11.4 Å². The summed E-state index contributed by atoms with van der Waals surface area (Å²) in [5.74, 6) is 1.81. The van der Waals surface area contributed by atoms with Gasteiger partial charge < -0.3 is 9.42 Å². The highest BCUT2D eigenvalue weighted by atomic mass is 16.5. The Bertz CT molecular complexity index is 1140. The molecule has 0 N–H and O–H groups in total. The molecule has 0 aliphatic carbocycles. The second-order valence-electron chi connectivity index (χ2n) is 7.09. The lowest BCUT2D eigenvalue weighted by Gasteiger charge is -2.21. The van der Waals surface area contributed by atoms with E-state index < -0.39 is 0 Å². The first-order chi connectivity index (χ1) is 14.2. The lowest BCUT2D eigenvalue weighted by Crippen LogP contribution is -2.25. The van der Waals surface area contributed by atoms with Crippen molar-refractivity contribution in [3.63, 3.8) is 0 Å². The van der Waals surface area contributed by atoms with Gasteiger partial charge in [-0.2, -0.15) is 10.1 Å². The van der Waals surface area contributed by atoms with Gasteiger partial charge in [0.25, 0.3) is 0 Å². The minimum atomic E-state index is -0.0386. The maximum atomic E-state index is 5.60. The Labute approximate surface area is 167 Å². The average Bonchev–Trinajstić information content (AvgIpc) is 3.48. The molecule has 0 bridgehead atoms. The Morgan fingerprint density at radius 1 is 1.10 bits per heavy atom. The van der Waals surface area contributed by atoms with Crippen molar-refractivity contribution < 1.29 is 4.52 Å². The van der Waals surface area contributed by atoms with Gasteiger partial charge in [-0.1, -0.05) is 5.16 Å². The van der Waals surface area contributed by atoms with E-state index in [1.807, 2.05) is 38.4 Å². The van der Waals surface area contributed by atoms with Crippen LogP contribution in [0.25, 0.3) is 22.6 Å². The molecule has 29 heavy (non-hydrogen) atoms. The van der Waals surface area contributed by atoms with Gasteiger partial charge in [0, 0.05) is 49.5 Å². The fraction of sp³-hybridized carbons (Fsp3) is 0.300. The van der Waals surface area contributed by atoms with Crippen molar-refractivity contribution in [3.8, 4) is 22.6 Å². The summed E-state index contributed by atoms with van der Waals surface area (Å²) in [5, 5.41) is 8.56. The summed E-state index contributed by atoms with van der Waals surface area (Å²) >= 11 is 0. The van der Waals surface area contributed by atoms with Crippen LogP contribution in [0.15, 0.2) is 47.5 Å². The highest BCUT2D eigenvalue weighted by molar-refractivity contribution is 5.62. The molecule has 146 valence electrons. The predicted octanol–water partition coefficient (Wildman–Crippen LogP) is 2.97. The molecular weight excluding hydrogens is 368 g/mol. The van der Waals surface area contributed by atoms with Crippen molar-refractivity contribution in [1.29, 1.82) is 0 Å². The monoisotopic (exact) mass is 388 g/mol. The third kappa shape index (κ3) is 3.24. The molecule has 1 aliphatic rings. The number of aromatic nitrogens is 7. The summed E-state index contributed by atoms with van der Waals surface area (Å²) in [7, 11) is 1.91. The van der Waals surface area contributed by atoms with Gasteiger partial charge in [-0.15, -0.1) is 0 Å². The molecule has 1 fully saturated rings. The molecular formula is C20H20N8O. The Balaban J connectivity index is 1.45.